The molecule has 1 atom stereocenters. The first-order chi connectivity index (χ1) is 7.20. The van der Waals surface area contributed by atoms with Crippen molar-refractivity contribution >= 4 is 5.97 Å². The zero-order valence-corrected chi connectivity index (χ0v) is 8.53. The van der Waals surface area contributed by atoms with Gasteiger partial charge in [-0.15, -0.1) is 0 Å². The van der Waals surface area contributed by atoms with Crippen LogP contribution in [-0.2, 0) is 14.3 Å². The summed E-state index contributed by atoms with van der Waals surface area (Å²) in [7, 11) is 1.37. The van der Waals surface area contributed by atoms with Gasteiger partial charge in [-0.05, 0) is 11.6 Å². The van der Waals surface area contributed by atoms with Gasteiger partial charge in [-0.1, -0.05) is 0 Å². The lowest BCUT2D eigenvalue weighted by atomic mass is 9.76. The van der Waals surface area contributed by atoms with Gasteiger partial charge >= 0.3 is 5.97 Å². The number of esters is 1. The molecule has 0 spiro atoms. The molecule has 0 aromatic carbocycles. The summed E-state index contributed by atoms with van der Waals surface area (Å²) in [4.78, 5) is 14.6. The van der Waals surface area contributed by atoms with Crippen LogP contribution in [0.4, 0.5) is 0 Å². The third-order valence-corrected chi connectivity index (χ3v) is 2.89. The highest BCUT2D eigenvalue weighted by molar-refractivity contribution is 5.79. The van der Waals surface area contributed by atoms with Gasteiger partial charge in [-0.25, -0.2) is 0 Å². The maximum absolute atomic E-state index is 11.7. The lowest BCUT2D eigenvalue weighted by molar-refractivity contribution is -0.188. The van der Waals surface area contributed by atoms with Crippen LogP contribution in [0, 0.1) is 5.41 Å². The van der Waals surface area contributed by atoms with Gasteiger partial charge in [0.15, 0.2) is 0 Å². The Hall–Kier alpha value is -1.33. The highest BCUT2D eigenvalue weighted by Gasteiger charge is 2.52. The molecule has 15 heavy (non-hydrogen) atoms. The Bertz CT molecular complexity index is 344. The summed E-state index contributed by atoms with van der Waals surface area (Å²) in [5.41, 5.74) is 6.24. The molecule has 0 radical (unpaired) electrons. The van der Waals surface area contributed by atoms with E-state index in [1.165, 1.54) is 7.11 Å². The van der Waals surface area contributed by atoms with Gasteiger partial charge in [0.05, 0.1) is 26.4 Å². The predicted octanol–water partition coefficient (Wildman–Crippen LogP) is 0.204. The van der Waals surface area contributed by atoms with E-state index in [1.807, 2.05) is 6.07 Å². The van der Waals surface area contributed by atoms with Crippen molar-refractivity contribution in [2.45, 2.75) is 6.04 Å². The number of aromatic amines is 1. The van der Waals surface area contributed by atoms with Gasteiger partial charge in [0.25, 0.3) is 0 Å². The van der Waals surface area contributed by atoms with Crippen LogP contribution in [0.15, 0.2) is 18.5 Å². The zero-order chi connectivity index (χ0) is 10.9. The highest BCUT2D eigenvalue weighted by Crippen LogP contribution is 2.39. The van der Waals surface area contributed by atoms with Crippen LogP contribution in [0.5, 0.6) is 0 Å². The van der Waals surface area contributed by atoms with Crippen molar-refractivity contribution in [2.75, 3.05) is 20.3 Å². The van der Waals surface area contributed by atoms with Crippen molar-refractivity contribution in [3.63, 3.8) is 0 Å². The summed E-state index contributed by atoms with van der Waals surface area (Å²) in [5.74, 6) is -0.303. The molecule has 2 heterocycles. The maximum Gasteiger partial charge on any atom is 0.318 e. The Morgan fingerprint density at radius 2 is 2.47 bits per heavy atom. The van der Waals surface area contributed by atoms with Crippen molar-refractivity contribution in [1.29, 1.82) is 0 Å². The Morgan fingerprint density at radius 3 is 2.87 bits per heavy atom. The van der Waals surface area contributed by atoms with Crippen LogP contribution in [0.2, 0.25) is 0 Å². The summed E-state index contributed by atoms with van der Waals surface area (Å²) in [5, 5.41) is 0. The number of hydrogen-bond donors (Lipinski definition) is 2. The zero-order valence-electron chi connectivity index (χ0n) is 8.53. The Balaban J connectivity index is 2.23. The molecule has 1 unspecified atom stereocenters. The minimum Gasteiger partial charge on any atom is -0.468 e. The maximum atomic E-state index is 11.7. The van der Waals surface area contributed by atoms with Crippen LogP contribution in [0.25, 0.3) is 0 Å². The largest absolute Gasteiger partial charge is 0.468 e. The lowest BCUT2D eigenvalue weighted by Gasteiger charge is -2.42. The topological polar surface area (TPSA) is 77.3 Å². The molecule has 1 fully saturated rings. The van der Waals surface area contributed by atoms with E-state index in [1.54, 1.807) is 12.4 Å². The molecule has 1 aliphatic heterocycles. The van der Waals surface area contributed by atoms with Gasteiger partial charge in [0.2, 0.25) is 0 Å². The molecule has 1 aromatic rings. The van der Waals surface area contributed by atoms with Crippen molar-refractivity contribution in [2.24, 2.45) is 11.1 Å². The number of rotatable bonds is 3. The summed E-state index contributed by atoms with van der Waals surface area (Å²) < 4.78 is 9.86. The fraction of sp³-hybridized carbons (Fsp3) is 0.500. The van der Waals surface area contributed by atoms with E-state index in [-0.39, 0.29) is 12.0 Å². The molecule has 0 bridgehead atoms. The Morgan fingerprint density at radius 1 is 1.73 bits per heavy atom. The van der Waals surface area contributed by atoms with E-state index in [2.05, 4.69) is 4.98 Å². The summed E-state index contributed by atoms with van der Waals surface area (Å²) >= 11 is 0. The summed E-state index contributed by atoms with van der Waals surface area (Å²) in [6, 6.07) is 1.47. The third-order valence-electron chi connectivity index (χ3n) is 2.89. The van der Waals surface area contributed by atoms with Crippen LogP contribution < -0.4 is 5.73 Å². The SMILES string of the molecule is COC(=O)C1(C(N)c2cc[nH]c2)COC1. The number of aromatic nitrogens is 1. The molecule has 5 nitrogen and oxygen atoms in total. The Kier molecular flexibility index (Phi) is 2.50. The first-order valence-corrected chi connectivity index (χ1v) is 4.75. The molecular formula is C10H14N2O3. The summed E-state index contributed by atoms with van der Waals surface area (Å²) in [6.07, 6.45) is 3.56. The van der Waals surface area contributed by atoms with E-state index >= 15 is 0 Å². The number of carbonyl (C=O) groups is 1. The molecule has 2 rings (SSSR count). The normalized spacial score (nSPS) is 20.4. The standard InChI is InChI=1S/C10H14N2O3/c1-14-9(13)10(5-15-6-10)8(11)7-2-3-12-4-7/h2-4,8,12H,5-6,11H2,1H3. The molecule has 1 aromatic heterocycles. The Labute approximate surface area is 87.6 Å². The minimum atomic E-state index is -0.711. The quantitative estimate of drug-likeness (QED) is 0.699. The number of methoxy groups -OCH3 is 1. The van der Waals surface area contributed by atoms with Crippen molar-refractivity contribution in [3.8, 4) is 0 Å². The van der Waals surface area contributed by atoms with E-state index < -0.39 is 5.41 Å². The van der Waals surface area contributed by atoms with Crippen LogP contribution >= 0.6 is 0 Å². The second-order valence-electron chi connectivity index (χ2n) is 3.76. The van der Waals surface area contributed by atoms with Crippen molar-refractivity contribution < 1.29 is 14.3 Å². The number of carbonyl (C=O) groups excluding carboxylic acids is 1. The van der Waals surface area contributed by atoms with Crippen molar-refractivity contribution in [3.05, 3.63) is 24.0 Å². The average molecular weight is 210 g/mol. The summed E-state index contributed by atoms with van der Waals surface area (Å²) in [6.45, 7) is 0.651. The molecular weight excluding hydrogens is 196 g/mol. The third kappa shape index (κ3) is 1.44. The predicted molar refractivity (Wildman–Crippen MR) is 53.0 cm³/mol. The average Bonchev–Trinajstić information content (AvgIpc) is 2.68. The number of nitrogens with two attached hydrogens (primary N) is 1. The number of hydrogen-bond acceptors (Lipinski definition) is 4. The highest BCUT2D eigenvalue weighted by atomic mass is 16.5. The smallest absolute Gasteiger partial charge is 0.318 e. The van der Waals surface area contributed by atoms with E-state index in [0.29, 0.717) is 13.2 Å². The molecule has 1 saturated heterocycles. The minimum absolute atomic E-state index is 0.303. The van der Waals surface area contributed by atoms with E-state index in [9.17, 15) is 4.79 Å². The van der Waals surface area contributed by atoms with Gasteiger partial charge < -0.3 is 20.2 Å². The second kappa shape index (κ2) is 3.67. The number of ether oxygens (including phenoxy) is 2. The van der Waals surface area contributed by atoms with Gasteiger partial charge in [0.1, 0.15) is 5.41 Å². The van der Waals surface area contributed by atoms with Crippen LogP contribution in [-0.4, -0.2) is 31.3 Å². The fourth-order valence-electron chi connectivity index (χ4n) is 1.80. The molecule has 0 aliphatic carbocycles. The van der Waals surface area contributed by atoms with E-state index in [0.717, 1.165) is 5.56 Å². The first-order valence-electron chi connectivity index (χ1n) is 4.75. The molecule has 82 valence electrons. The van der Waals surface area contributed by atoms with E-state index in [4.69, 9.17) is 15.2 Å². The molecule has 0 amide bonds. The van der Waals surface area contributed by atoms with Crippen molar-refractivity contribution in [1.82, 2.24) is 4.98 Å². The fourth-order valence-corrected chi connectivity index (χ4v) is 1.80. The van der Waals surface area contributed by atoms with Crippen LogP contribution in [0.1, 0.15) is 11.6 Å². The van der Waals surface area contributed by atoms with Crippen LogP contribution in [0.3, 0.4) is 0 Å². The molecule has 3 N–H and O–H groups in total. The molecule has 0 saturated carbocycles. The van der Waals surface area contributed by atoms with Gasteiger partial charge in [0, 0.05) is 12.4 Å². The molecule has 1 aliphatic rings. The number of H-pyrrole nitrogens is 1. The van der Waals surface area contributed by atoms with Gasteiger partial charge in [-0.2, -0.15) is 0 Å². The van der Waals surface area contributed by atoms with Gasteiger partial charge in [-0.3, -0.25) is 4.79 Å². The lowest BCUT2D eigenvalue weighted by Crippen LogP contribution is -2.56. The monoisotopic (exact) mass is 210 g/mol. The first kappa shape index (κ1) is 10.2. The number of nitrogens with one attached hydrogen (secondary N) is 1. The second-order valence-corrected chi connectivity index (χ2v) is 3.76. The molecule has 5 heteroatoms.